The molecule has 0 spiro atoms. The van der Waals surface area contributed by atoms with Gasteiger partial charge in [0, 0.05) is 14.0 Å². The van der Waals surface area contributed by atoms with Gasteiger partial charge in [0.15, 0.2) is 22.9 Å². The summed E-state index contributed by atoms with van der Waals surface area (Å²) in [4.78, 5) is 12.1. The Morgan fingerprint density at radius 2 is 1.31 bits per heavy atom. The molecule has 0 bridgehead atoms. The average Bonchev–Trinajstić information content (AvgIpc) is 2.50. The van der Waals surface area contributed by atoms with Gasteiger partial charge in [-0.25, -0.2) is 0 Å². The molecule has 0 aromatic rings. The van der Waals surface area contributed by atoms with Crippen LogP contribution in [0.5, 0.6) is 0 Å². The van der Waals surface area contributed by atoms with Crippen LogP contribution < -0.4 is 5.32 Å². The highest BCUT2D eigenvalue weighted by Crippen LogP contribution is 2.42. The van der Waals surface area contributed by atoms with Gasteiger partial charge in [0.05, 0.1) is 18.2 Å². The Morgan fingerprint density at radius 1 is 0.897 bits per heavy atom. The first kappa shape index (κ1) is 26.8. The Kier molecular flexibility index (Phi) is 8.39. The van der Waals surface area contributed by atoms with Crippen LogP contribution in [0.4, 0.5) is 0 Å². The van der Waals surface area contributed by atoms with Gasteiger partial charge in [-0.3, -0.25) is 4.79 Å². The number of hydrogen-bond acceptors (Lipinski definition) is 5. The van der Waals surface area contributed by atoms with E-state index in [9.17, 15) is 4.79 Å². The molecule has 1 aliphatic heterocycles. The van der Waals surface area contributed by atoms with Crippen LogP contribution in [0.15, 0.2) is 0 Å². The zero-order valence-electron chi connectivity index (χ0n) is 20.9. The minimum atomic E-state index is -2.15. The molecule has 0 radical (unpaired) electrons. The monoisotopic (exact) mass is 447 g/mol. The maximum absolute atomic E-state index is 12.1. The number of nitrogens with one attached hydrogen (secondary N) is 1. The van der Waals surface area contributed by atoms with Crippen LogP contribution in [-0.2, 0) is 23.1 Å². The molecule has 1 rings (SSSR count). The van der Waals surface area contributed by atoms with Crippen molar-refractivity contribution < 1.29 is 23.1 Å². The van der Waals surface area contributed by atoms with Gasteiger partial charge in [-0.2, -0.15) is 0 Å². The lowest BCUT2D eigenvalue weighted by atomic mass is 9.97. The summed E-state index contributed by atoms with van der Waals surface area (Å²) in [5.74, 6) is -0.105. The van der Waals surface area contributed by atoms with E-state index in [0.717, 1.165) is 0 Å². The molecule has 1 heterocycles. The Labute approximate surface area is 180 Å². The van der Waals surface area contributed by atoms with Crippen molar-refractivity contribution in [3.8, 4) is 0 Å². The van der Waals surface area contributed by atoms with Crippen molar-refractivity contribution >= 4 is 22.5 Å². The van der Waals surface area contributed by atoms with Crippen LogP contribution in [0.1, 0.15) is 55.4 Å². The zero-order chi connectivity index (χ0) is 23.0. The quantitative estimate of drug-likeness (QED) is 0.600. The smallest absolute Gasteiger partial charge is 0.217 e. The summed E-state index contributed by atoms with van der Waals surface area (Å²) in [6.45, 7) is 25.6. The van der Waals surface area contributed by atoms with Gasteiger partial charge in [0.1, 0.15) is 6.10 Å². The van der Waals surface area contributed by atoms with E-state index in [0.29, 0.717) is 0 Å². The predicted molar refractivity (Wildman–Crippen MR) is 123 cm³/mol. The van der Waals surface area contributed by atoms with Gasteiger partial charge >= 0.3 is 0 Å². The van der Waals surface area contributed by atoms with E-state index < -0.39 is 29.0 Å². The molecular formula is C21H45NO5Si2. The highest BCUT2D eigenvalue weighted by atomic mass is 28.4. The van der Waals surface area contributed by atoms with E-state index in [4.69, 9.17) is 18.3 Å². The predicted octanol–water partition coefficient (Wildman–Crippen LogP) is 4.66. The third-order valence-corrected chi connectivity index (χ3v) is 15.8. The summed E-state index contributed by atoms with van der Waals surface area (Å²) in [5.41, 5.74) is 0. The molecule has 172 valence electrons. The average molecular weight is 448 g/mol. The van der Waals surface area contributed by atoms with Gasteiger partial charge in [-0.15, -0.1) is 0 Å². The largest absolute Gasteiger partial charge is 0.409 e. The number of carbonyl (C=O) groups is 1. The van der Waals surface area contributed by atoms with Crippen LogP contribution in [0.3, 0.4) is 0 Å². The van der Waals surface area contributed by atoms with E-state index in [-0.39, 0.29) is 34.2 Å². The second-order valence-corrected chi connectivity index (χ2v) is 20.9. The molecule has 1 aliphatic rings. The molecule has 5 atom stereocenters. The van der Waals surface area contributed by atoms with Crippen LogP contribution in [0.25, 0.3) is 0 Å². The van der Waals surface area contributed by atoms with Crippen molar-refractivity contribution in [2.24, 2.45) is 0 Å². The Bertz CT molecular complexity index is 568. The fraction of sp³-hybridized carbons (Fsp3) is 0.952. The number of rotatable bonds is 6. The van der Waals surface area contributed by atoms with E-state index in [1.54, 1.807) is 7.11 Å². The lowest BCUT2D eigenvalue weighted by molar-refractivity contribution is -0.255. The number of carbonyl (C=O) groups excluding carboxylic acids is 1. The molecule has 8 heteroatoms. The van der Waals surface area contributed by atoms with E-state index >= 15 is 0 Å². The standard InChI is InChI=1S/C21H45NO5Si2/c1-14-17(26-28(10,11)20(3,4)5)16(22-15(2)23)18(19(24-9)25-14)27-29(12,13)21(6,7)8/h14,16-19H,1-13H3,(H,22,23)/t14-,16+,17-,18+,19+/m1/s1. The normalized spacial score (nSPS) is 29.6. The Morgan fingerprint density at radius 3 is 1.66 bits per heavy atom. The molecular weight excluding hydrogens is 402 g/mol. The molecule has 1 amide bonds. The first-order chi connectivity index (χ1) is 12.8. The number of methoxy groups -OCH3 is 1. The second kappa shape index (κ2) is 9.08. The minimum absolute atomic E-state index is 0.0188. The van der Waals surface area contributed by atoms with Crippen molar-refractivity contribution in [1.29, 1.82) is 0 Å². The van der Waals surface area contributed by atoms with Gasteiger partial charge in [0.2, 0.25) is 5.91 Å². The van der Waals surface area contributed by atoms with Crippen LogP contribution in [-0.4, -0.2) is 60.3 Å². The van der Waals surface area contributed by atoms with Gasteiger partial charge in [-0.1, -0.05) is 41.5 Å². The molecule has 0 aromatic carbocycles. The van der Waals surface area contributed by atoms with Crippen LogP contribution in [0.2, 0.25) is 36.3 Å². The molecule has 1 saturated heterocycles. The SMILES string of the molecule is CO[C@H]1O[C@H](C)[C@@H](O[Si](C)(C)C(C)(C)C)[C@H](NC(C)=O)[C@@H]1O[Si](C)(C)C(C)(C)C. The Balaban J connectivity index is 3.36. The molecule has 6 nitrogen and oxygen atoms in total. The molecule has 1 N–H and O–H groups in total. The first-order valence-corrected chi connectivity index (χ1v) is 16.5. The summed E-state index contributed by atoms with van der Waals surface area (Å²) in [5, 5.41) is 3.18. The summed E-state index contributed by atoms with van der Waals surface area (Å²) in [6.07, 6.45) is -1.53. The highest BCUT2D eigenvalue weighted by molar-refractivity contribution is 6.74. The molecule has 0 unspecified atom stereocenters. The van der Waals surface area contributed by atoms with Gasteiger partial charge in [-0.05, 0) is 43.2 Å². The van der Waals surface area contributed by atoms with Gasteiger partial charge in [0.25, 0.3) is 0 Å². The lowest BCUT2D eigenvalue weighted by Gasteiger charge is -2.51. The fourth-order valence-electron chi connectivity index (χ4n) is 2.94. The molecule has 0 aliphatic carbocycles. The van der Waals surface area contributed by atoms with E-state index in [1.807, 2.05) is 6.92 Å². The zero-order valence-corrected chi connectivity index (χ0v) is 22.9. The third-order valence-electron chi connectivity index (χ3n) is 6.86. The third kappa shape index (κ3) is 6.37. The van der Waals surface area contributed by atoms with E-state index in [1.165, 1.54) is 6.92 Å². The second-order valence-electron chi connectivity index (χ2n) is 11.4. The molecule has 1 fully saturated rings. The maximum Gasteiger partial charge on any atom is 0.217 e. The van der Waals surface area contributed by atoms with Crippen molar-refractivity contribution in [3.63, 3.8) is 0 Å². The summed E-state index contributed by atoms with van der Waals surface area (Å²) >= 11 is 0. The lowest BCUT2D eigenvalue weighted by Crippen LogP contribution is -2.68. The Hall–Kier alpha value is -0.256. The number of ether oxygens (including phenoxy) is 2. The van der Waals surface area contributed by atoms with Gasteiger partial charge < -0.3 is 23.6 Å². The first-order valence-electron chi connectivity index (χ1n) is 10.6. The highest BCUT2D eigenvalue weighted by Gasteiger charge is 2.53. The summed E-state index contributed by atoms with van der Waals surface area (Å²) < 4.78 is 25.4. The number of amides is 1. The molecule has 0 saturated carbocycles. The summed E-state index contributed by atoms with van der Waals surface area (Å²) in [7, 11) is -2.62. The van der Waals surface area contributed by atoms with Crippen LogP contribution >= 0.6 is 0 Å². The minimum Gasteiger partial charge on any atom is -0.409 e. The topological polar surface area (TPSA) is 66.0 Å². The molecule has 29 heavy (non-hydrogen) atoms. The van der Waals surface area contributed by atoms with Crippen molar-refractivity contribution in [3.05, 3.63) is 0 Å². The van der Waals surface area contributed by atoms with E-state index in [2.05, 4.69) is 73.0 Å². The fourth-order valence-corrected chi connectivity index (χ4v) is 5.60. The van der Waals surface area contributed by atoms with Crippen molar-refractivity contribution in [2.45, 2.75) is 122 Å². The van der Waals surface area contributed by atoms with Crippen molar-refractivity contribution in [1.82, 2.24) is 5.32 Å². The maximum atomic E-state index is 12.1. The summed E-state index contributed by atoms with van der Waals surface area (Å²) in [6, 6.07) is -0.343. The molecule has 0 aromatic heterocycles. The van der Waals surface area contributed by atoms with Crippen LogP contribution in [0, 0.1) is 0 Å². The van der Waals surface area contributed by atoms with Crippen molar-refractivity contribution in [2.75, 3.05) is 7.11 Å². The number of hydrogen-bond donors (Lipinski definition) is 1.